The molecule has 0 unspecified atom stereocenters. The quantitative estimate of drug-likeness (QED) is 0.275. The van der Waals surface area contributed by atoms with Crippen LogP contribution in [0.5, 0.6) is 11.5 Å². The molecule has 0 radical (unpaired) electrons. The average Bonchev–Trinajstić information content (AvgIpc) is 2.92. The van der Waals surface area contributed by atoms with E-state index < -0.39 is 17.5 Å². The van der Waals surface area contributed by atoms with Crippen LogP contribution in [-0.4, -0.2) is 34.9 Å². The number of phenolic OH excluding ortho intramolecular Hbond substituents is 1. The molecule has 0 bridgehead atoms. The highest BCUT2D eigenvalue weighted by Gasteiger charge is 2.38. The molecular formula is C32H24O6S. The minimum absolute atomic E-state index is 0.00761. The fraction of sp³-hybridized carbons (Fsp3) is 0.0938. The molecule has 39 heavy (non-hydrogen) atoms. The number of carbonyl (C=O) groups is 3. The number of carbonyl (C=O) groups excluding carboxylic acids is 2. The number of ketones is 2. The Bertz CT molecular complexity index is 1700. The molecule has 6 nitrogen and oxygen atoms in total. The van der Waals surface area contributed by atoms with Crippen LogP contribution in [0.4, 0.5) is 0 Å². The minimum Gasteiger partial charge on any atom is -0.507 e. The van der Waals surface area contributed by atoms with Crippen LogP contribution in [-0.2, 0) is 0 Å². The van der Waals surface area contributed by atoms with E-state index in [4.69, 9.17) is 4.74 Å². The van der Waals surface area contributed by atoms with Gasteiger partial charge in [-0.05, 0) is 66.4 Å². The number of aromatic hydroxyl groups is 1. The van der Waals surface area contributed by atoms with Crippen molar-refractivity contribution in [3.63, 3.8) is 0 Å². The first-order chi connectivity index (χ1) is 18.7. The Labute approximate surface area is 229 Å². The van der Waals surface area contributed by atoms with Gasteiger partial charge in [0, 0.05) is 16.0 Å². The van der Waals surface area contributed by atoms with E-state index in [-0.39, 0.29) is 44.2 Å². The summed E-state index contributed by atoms with van der Waals surface area (Å²) in [5.74, 6) is -2.53. The Kier molecular flexibility index (Phi) is 6.85. The number of methoxy groups -OCH3 is 1. The van der Waals surface area contributed by atoms with E-state index in [2.05, 4.69) is 0 Å². The van der Waals surface area contributed by atoms with Crippen LogP contribution in [0.2, 0.25) is 0 Å². The summed E-state index contributed by atoms with van der Waals surface area (Å²) in [6.45, 7) is 3.75. The van der Waals surface area contributed by atoms with Gasteiger partial charge in [0.15, 0.2) is 5.78 Å². The maximum Gasteiger partial charge on any atom is 0.336 e. The molecule has 194 valence electrons. The first-order valence-electron chi connectivity index (χ1n) is 12.1. The van der Waals surface area contributed by atoms with Gasteiger partial charge in [-0.2, -0.15) is 0 Å². The number of rotatable bonds is 6. The lowest BCUT2D eigenvalue weighted by molar-refractivity contribution is 0.0695. The van der Waals surface area contributed by atoms with Gasteiger partial charge in [-0.3, -0.25) is 9.59 Å². The normalized spacial score (nSPS) is 12.9. The van der Waals surface area contributed by atoms with Crippen LogP contribution in [0.1, 0.15) is 47.8 Å². The van der Waals surface area contributed by atoms with Crippen molar-refractivity contribution < 1.29 is 29.3 Å². The first-order valence-corrected chi connectivity index (χ1v) is 12.9. The zero-order valence-electron chi connectivity index (χ0n) is 21.4. The van der Waals surface area contributed by atoms with Crippen LogP contribution in [0.15, 0.2) is 88.7 Å². The summed E-state index contributed by atoms with van der Waals surface area (Å²) in [4.78, 5) is 40.8. The van der Waals surface area contributed by atoms with Crippen molar-refractivity contribution in [2.75, 3.05) is 7.11 Å². The molecule has 0 spiro atoms. The molecule has 0 saturated carbocycles. The summed E-state index contributed by atoms with van der Waals surface area (Å²) in [5.41, 5.74) is 3.53. The van der Waals surface area contributed by atoms with Gasteiger partial charge in [-0.1, -0.05) is 60.3 Å². The highest BCUT2D eigenvalue weighted by atomic mass is 32.2. The number of carboxylic acids is 1. The van der Waals surface area contributed by atoms with Crippen LogP contribution in [0.3, 0.4) is 0 Å². The standard InChI is InChI=1S/C32H24O6S/c1-17-15-23(32(36)37)27(25(16-17)38-3)28-29(34)22-9-6-10-24(33)26(22)30(35)31(28)39-20-13-11-19(12-14-20)21-8-5-4-7-18(21)2/h4-16,33H,1-3H3,(H,36,37). The number of phenols is 1. The largest absolute Gasteiger partial charge is 0.507 e. The highest BCUT2D eigenvalue weighted by Crippen LogP contribution is 2.46. The van der Waals surface area contributed by atoms with Crippen molar-refractivity contribution >= 4 is 34.9 Å². The van der Waals surface area contributed by atoms with Crippen LogP contribution >= 0.6 is 11.8 Å². The zero-order chi connectivity index (χ0) is 27.8. The van der Waals surface area contributed by atoms with Crippen molar-refractivity contribution in [1.29, 1.82) is 0 Å². The number of allylic oxidation sites excluding steroid dienone is 2. The van der Waals surface area contributed by atoms with Crippen LogP contribution in [0.25, 0.3) is 16.7 Å². The molecule has 0 aromatic heterocycles. The second kappa shape index (κ2) is 10.3. The number of hydrogen-bond donors (Lipinski definition) is 2. The molecule has 1 aliphatic rings. The van der Waals surface area contributed by atoms with E-state index in [9.17, 15) is 24.6 Å². The Morgan fingerprint density at radius 2 is 1.51 bits per heavy atom. The molecule has 0 aliphatic heterocycles. The summed E-state index contributed by atoms with van der Waals surface area (Å²) in [6.07, 6.45) is 0. The van der Waals surface area contributed by atoms with Gasteiger partial charge in [0.1, 0.15) is 11.5 Å². The lowest BCUT2D eigenvalue weighted by Crippen LogP contribution is -2.22. The second-order valence-electron chi connectivity index (χ2n) is 9.20. The number of benzene rings is 4. The van der Waals surface area contributed by atoms with Gasteiger partial charge in [0.25, 0.3) is 0 Å². The summed E-state index contributed by atoms with van der Waals surface area (Å²) >= 11 is 1.05. The number of Topliss-reactive ketones (excluding diaryl/α,β-unsaturated/α-hetero) is 2. The smallest absolute Gasteiger partial charge is 0.336 e. The fourth-order valence-electron chi connectivity index (χ4n) is 4.82. The maximum atomic E-state index is 13.9. The van der Waals surface area contributed by atoms with Crippen molar-refractivity contribution in [2.45, 2.75) is 18.7 Å². The molecule has 7 heteroatoms. The number of carboxylic acid groups (broad SMARTS) is 1. The van der Waals surface area contributed by atoms with Crippen LogP contribution in [0, 0.1) is 13.8 Å². The average molecular weight is 537 g/mol. The Balaban J connectivity index is 1.72. The zero-order valence-corrected chi connectivity index (χ0v) is 22.3. The SMILES string of the molecule is COc1cc(C)cc(C(=O)O)c1C1=C(Sc2ccc(-c3ccccc3C)cc2)C(=O)c2c(O)cccc2C1=O. The number of fused-ring (bicyclic) bond motifs is 1. The molecule has 5 rings (SSSR count). The Morgan fingerprint density at radius 1 is 0.821 bits per heavy atom. The number of ether oxygens (including phenoxy) is 1. The minimum atomic E-state index is -1.26. The third kappa shape index (κ3) is 4.62. The van der Waals surface area contributed by atoms with E-state index in [1.165, 1.54) is 31.4 Å². The Hall–Kier alpha value is -4.62. The van der Waals surface area contributed by atoms with Gasteiger partial charge < -0.3 is 14.9 Å². The van der Waals surface area contributed by atoms with E-state index in [1.807, 2.05) is 55.5 Å². The van der Waals surface area contributed by atoms with Crippen molar-refractivity contribution in [2.24, 2.45) is 0 Å². The monoisotopic (exact) mass is 536 g/mol. The predicted octanol–water partition coefficient (Wildman–Crippen LogP) is 6.97. The number of thioether (sulfide) groups is 1. The molecule has 4 aromatic carbocycles. The molecule has 0 fully saturated rings. The lowest BCUT2D eigenvalue weighted by atomic mass is 9.83. The third-order valence-corrected chi connectivity index (χ3v) is 7.75. The number of aromatic carboxylic acids is 1. The topological polar surface area (TPSA) is 101 Å². The van der Waals surface area contributed by atoms with Crippen LogP contribution < -0.4 is 4.74 Å². The molecular weight excluding hydrogens is 512 g/mol. The molecule has 0 heterocycles. The summed E-state index contributed by atoms with van der Waals surface area (Å²) < 4.78 is 5.52. The van der Waals surface area contributed by atoms with Gasteiger partial charge in [-0.15, -0.1) is 0 Å². The van der Waals surface area contributed by atoms with E-state index in [0.717, 1.165) is 28.5 Å². The molecule has 0 amide bonds. The van der Waals surface area contributed by atoms with Crippen molar-refractivity contribution in [3.8, 4) is 22.6 Å². The first kappa shape index (κ1) is 26.0. The Morgan fingerprint density at radius 3 is 2.18 bits per heavy atom. The summed E-state index contributed by atoms with van der Waals surface area (Å²) in [6, 6.07) is 22.9. The van der Waals surface area contributed by atoms with E-state index in [0.29, 0.717) is 10.5 Å². The fourth-order valence-corrected chi connectivity index (χ4v) is 5.81. The second-order valence-corrected chi connectivity index (χ2v) is 10.3. The molecule has 4 aromatic rings. The van der Waals surface area contributed by atoms with Gasteiger partial charge in [0.05, 0.1) is 28.7 Å². The van der Waals surface area contributed by atoms with Gasteiger partial charge in [-0.25, -0.2) is 4.79 Å². The van der Waals surface area contributed by atoms with Gasteiger partial charge >= 0.3 is 5.97 Å². The summed E-state index contributed by atoms with van der Waals surface area (Å²) in [5, 5.41) is 20.6. The molecule has 0 atom stereocenters. The number of hydrogen-bond acceptors (Lipinski definition) is 6. The number of aryl methyl sites for hydroxylation is 2. The molecule has 1 aliphatic carbocycles. The summed E-state index contributed by atoms with van der Waals surface area (Å²) in [7, 11) is 1.39. The maximum absolute atomic E-state index is 13.9. The highest BCUT2D eigenvalue weighted by molar-refractivity contribution is 8.04. The van der Waals surface area contributed by atoms with Gasteiger partial charge in [0.2, 0.25) is 5.78 Å². The lowest BCUT2D eigenvalue weighted by Gasteiger charge is -2.24. The van der Waals surface area contributed by atoms with Crippen molar-refractivity contribution in [1.82, 2.24) is 0 Å². The van der Waals surface area contributed by atoms with E-state index >= 15 is 0 Å². The predicted molar refractivity (Wildman–Crippen MR) is 151 cm³/mol. The van der Waals surface area contributed by atoms with Crippen molar-refractivity contribution in [3.05, 3.63) is 117 Å². The van der Waals surface area contributed by atoms with E-state index in [1.54, 1.807) is 13.0 Å². The molecule has 0 saturated heterocycles. The molecule has 2 N–H and O–H groups in total. The third-order valence-electron chi connectivity index (χ3n) is 6.65.